The van der Waals surface area contributed by atoms with Crippen molar-refractivity contribution < 1.29 is 9.90 Å². The van der Waals surface area contributed by atoms with E-state index in [0.29, 0.717) is 13.0 Å². The number of piperidine rings is 2. The van der Waals surface area contributed by atoms with E-state index >= 15 is 0 Å². The number of hydrogen-bond donors (Lipinski definition) is 1. The molecule has 1 N–H and O–H groups in total. The average molecular weight is 334 g/mol. The highest BCUT2D eigenvalue weighted by Crippen LogP contribution is 2.40. The molecule has 2 saturated heterocycles. The van der Waals surface area contributed by atoms with Crippen LogP contribution in [-0.2, 0) is 18.4 Å². The van der Waals surface area contributed by atoms with E-state index in [-0.39, 0.29) is 11.3 Å². The van der Waals surface area contributed by atoms with Crippen LogP contribution in [0.2, 0.25) is 0 Å². The summed E-state index contributed by atoms with van der Waals surface area (Å²) in [6, 6.07) is 0. The van der Waals surface area contributed by atoms with Gasteiger partial charge in [0.15, 0.2) is 0 Å². The smallest absolute Gasteiger partial charge is 0.222 e. The van der Waals surface area contributed by atoms with Gasteiger partial charge in [0.05, 0.1) is 11.8 Å². The maximum absolute atomic E-state index is 12.1. The van der Waals surface area contributed by atoms with Gasteiger partial charge < -0.3 is 10.0 Å². The van der Waals surface area contributed by atoms with Gasteiger partial charge in [-0.3, -0.25) is 14.4 Å². The highest BCUT2D eigenvalue weighted by Gasteiger charge is 2.41. The van der Waals surface area contributed by atoms with Gasteiger partial charge >= 0.3 is 0 Å². The number of aliphatic hydroxyl groups excluding tert-OH is 1. The molecule has 1 aromatic rings. The predicted molar refractivity (Wildman–Crippen MR) is 92.4 cm³/mol. The molecular formula is C18H30N4O2. The molecule has 2 fully saturated rings. The fourth-order valence-corrected chi connectivity index (χ4v) is 4.23. The van der Waals surface area contributed by atoms with Crippen molar-refractivity contribution in [2.45, 2.75) is 52.2 Å². The summed E-state index contributed by atoms with van der Waals surface area (Å²) in [5.41, 5.74) is 2.68. The second-order valence-electron chi connectivity index (χ2n) is 7.81. The van der Waals surface area contributed by atoms with Crippen LogP contribution in [0.1, 0.15) is 43.9 Å². The number of β-amino-alcohol motifs (C(OH)–C–C–N with tert-alkyl or cyclic N) is 1. The summed E-state index contributed by atoms with van der Waals surface area (Å²) in [4.78, 5) is 16.5. The van der Waals surface area contributed by atoms with E-state index in [1.807, 2.05) is 16.6 Å². The average Bonchev–Trinajstić information content (AvgIpc) is 2.83. The van der Waals surface area contributed by atoms with Crippen molar-refractivity contribution in [2.24, 2.45) is 12.5 Å². The van der Waals surface area contributed by atoms with E-state index in [9.17, 15) is 9.90 Å². The lowest BCUT2D eigenvalue weighted by Gasteiger charge is -2.47. The summed E-state index contributed by atoms with van der Waals surface area (Å²) in [5.74, 6) is 0.204. The monoisotopic (exact) mass is 334 g/mol. The Morgan fingerprint density at radius 2 is 2.04 bits per heavy atom. The Labute approximate surface area is 144 Å². The highest BCUT2D eigenvalue weighted by atomic mass is 16.3. The van der Waals surface area contributed by atoms with Gasteiger partial charge in [-0.05, 0) is 51.6 Å². The number of aromatic nitrogens is 2. The van der Waals surface area contributed by atoms with Crippen molar-refractivity contribution in [2.75, 3.05) is 26.2 Å². The molecule has 2 aliphatic heterocycles. The van der Waals surface area contributed by atoms with Crippen LogP contribution in [-0.4, -0.2) is 62.9 Å². The van der Waals surface area contributed by atoms with Crippen LogP contribution >= 0.6 is 0 Å². The molecule has 6 heteroatoms. The molecule has 0 radical (unpaired) electrons. The van der Waals surface area contributed by atoms with Gasteiger partial charge in [-0.25, -0.2) is 0 Å². The Morgan fingerprint density at radius 1 is 1.33 bits per heavy atom. The van der Waals surface area contributed by atoms with Crippen LogP contribution in [0.4, 0.5) is 0 Å². The van der Waals surface area contributed by atoms with Gasteiger partial charge in [-0.15, -0.1) is 0 Å². The molecule has 1 aromatic heterocycles. The van der Waals surface area contributed by atoms with Crippen LogP contribution in [0.25, 0.3) is 0 Å². The molecule has 1 spiro atoms. The van der Waals surface area contributed by atoms with E-state index in [0.717, 1.165) is 51.1 Å². The lowest BCUT2D eigenvalue weighted by Crippen LogP contribution is -2.52. The summed E-state index contributed by atoms with van der Waals surface area (Å²) < 4.78 is 1.89. The zero-order chi connectivity index (χ0) is 17.3. The maximum Gasteiger partial charge on any atom is 0.222 e. The number of aryl methyl sites for hydroxylation is 2. The van der Waals surface area contributed by atoms with E-state index in [2.05, 4.69) is 23.1 Å². The van der Waals surface area contributed by atoms with Crippen molar-refractivity contribution in [3.8, 4) is 0 Å². The van der Waals surface area contributed by atoms with Gasteiger partial charge in [-0.1, -0.05) is 0 Å². The number of hydrogen-bond acceptors (Lipinski definition) is 4. The quantitative estimate of drug-likeness (QED) is 0.902. The SMILES string of the molecule is Cc1nn(C)cc1CN1CCC2(CCC(=O)N(CC(C)O)C2)CC1. The second-order valence-corrected chi connectivity index (χ2v) is 7.81. The van der Waals surface area contributed by atoms with Crippen molar-refractivity contribution in [1.82, 2.24) is 19.6 Å². The predicted octanol–water partition coefficient (Wildman–Crippen LogP) is 1.31. The maximum atomic E-state index is 12.1. The van der Waals surface area contributed by atoms with E-state index in [1.54, 1.807) is 6.92 Å². The normalized spacial score (nSPS) is 23.0. The van der Waals surface area contributed by atoms with E-state index < -0.39 is 6.10 Å². The molecule has 0 aromatic carbocycles. The molecule has 1 atom stereocenters. The fraction of sp³-hybridized carbons (Fsp3) is 0.778. The molecule has 3 heterocycles. The number of carbonyl (C=O) groups excluding carboxylic acids is 1. The molecule has 3 rings (SSSR count). The molecular weight excluding hydrogens is 304 g/mol. The molecule has 0 saturated carbocycles. The van der Waals surface area contributed by atoms with Gasteiger partial charge in [0.25, 0.3) is 0 Å². The number of nitrogens with zero attached hydrogens (tertiary/aromatic N) is 4. The topological polar surface area (TPSA) is 61.6 Å². The molecule has 134 valence electrons. The summed E-state index contributed by atoms with van der Waals surface area (Å²) in [6.07, 6.45) is 5.57. The Kier molecular flexibility index (Phi) is 4.97. The van der Waals surface area contributed by atoms with Crippen molar-refractivity contribution >= 4 is 5.91 Å². The third-order valence-electron chi connectivity index (χ3n) is 5.66. The molecule has 24 heavy (non-hydrogen) atoms. The zero-order valence-electron chi connectivity index (χ0n) is 15.2. The third kappa shape index (κ3) is 3.81. The molecule has 1 unspecified atom stereocenters. The summed E-state index contributed by atoms with van der Waals surface area (Å²) >= 11 is 0. The lowest BCUT2D eigenvalue weighted by atomic mass is 9.72. The van der Waals surface area contributed by atoms with Crippen LogP contribution in [0.3, 0.4) is 0 Å². The standard InChI is InChI=1S/C18H30N4O2/c1-14(23)10-22-13-18(5-4-17(22)24)6-8-21(9-7-18)12-16-11-20(3)19-15(16)2/h11,14,23H,4-10,12-13H2,1-3H3. The van der Waals surface area contributed by atoms with Crippen molar-refractivity contribution in [3.63, 3.8) is 0 Å². The Bertz CT molecular complexity index is 588. The summed E-state index contributed by atoms with van der Waals surface area (Å²) in [6.45, 7) is 8.23. The zero-order valence-corrected chi connectivity index (χ0v) is 15.2. The molecule has 0 aliphatic carbocycles. The minimum atomic E-state index is -0.447. The number of carbonyl (C=O) groups is 1. The first kappa shape index (κ1) is 17.4. The highest BCUT2D eigenvalue weighted by molar-refractivity contribution is 5.77. The van der Waals surface area contributed by atoms with E-state index in [1.165, 1.54) is 5.56 Å². The summed E-state index contributed by atoms with van der Waals surface area (Å²) in [7, 11) is 1.97. The number of aliphatic hydroxyl groups is 1. The van der Waals surface area contributed by atoms with Crippen molar-refractivity contribution in [3.05, 3.63) is 17.5 Å². The van der Waals surface area contributed by atoms with Crippen LogP contribution in [0.15, 0.2) is 6.20 Å². The van der Waals surface area contributed by atoms with Crippen LogP contribution in [0, 0.1) is 12.3 Å². The first-order valence-electron chi connectivity index (χ1n) is 9.04. The minimum absolute atomic E-state index is 0.204. The number of rotatable bonds is 4. The molecule has 6 nitrogen and oxygen atoms in total. The van der Waals surface area contributed by atoms with Gasteiger partial charge in [0.2, 0.25) is 5.91 Å². The number of amides is 1. The Hall–Kier alpha value is -1.40. The molecule has 2 aliphatic rings. The number of likely N-dealkylation sites (tertiary alicyclic amines) is 2. The molecule has 1 amide bonds. The fourth-order valence-electron chi connectivity index (χ4n) is 4.23. The van der Waals surface area contributed by atoms with Crippen LogP contribution < -0.4 is 0 Å². The second kappa shape index (κ2) is 6.84. The van der Waals surface area contributed by atoms with Gasteiger partial charge in [0, 0.05) is 44.9 Å². The first-order chi connectivity index (χ1) is 11.4. The molecule has 0 bridgehead atoms. The lowest BCUT2D eigenvalue weighted by molar-refractivity contribution is -0.140. The Balaban J connectivity index is 1.57. The Morgan fingerprint density at radius 3 is 2.62 bits per heavy atom. The van der Waals surface area contributed by atoms with Gasteiger partial charge in [-0.2, -0.15) is 5.10 Å². The van der Waals surface area contributed by atoms with Crippen LogP contribution in [0.5, 0.6) is 0 Å². The van der Waals surface area contributed by atoms with Gasteiger partial charge in [0.1, 0.15) is 0 Å². The first-order valence-corrected chi connectivity index (χ1v) is 9.04. The minimum Gasteiger partial charge on any atom is -0.392 e. The van der Waals surface area contributed by atoms with E-state index in [4.69, 9.17) is 0 Å². The third-order valence-corrected chi connectivity index (χ3v) is 5.66. The summed E-state index contributed by atoms with van der Waals surface area (Å²) in [5, 5.41) is 14.1. The largest absolute Gasteiger partial charge is 0.392 e. The van der Waals surface area contributed by atoms with Crippen molar-refractivity contribution in [1.29, 1.82) is 0 Å².